The van der Waals surface area contributed by atoms with Gasteiger partial charge in [-0.3, -0.25) is 0 Å². The number of hydrogen-bond acceptors (Lipinski definition) is 6. The summed E-state index contributed by atoms with van der Waals surface area (Å²) in [6.45, 7) is 0. The van der Waals surface area contributed by atoms with Crippen molar-refractivity contribution in [2.24, 2.45) is 0 Å². The summed E-state index contributed by atoms with van der Waals surface area (Å²) < 4.78 is 176. The Balaban J connectivity index is 2.26. The summed E-state index contributed by atoms with van der Waals surface area (Å²) in [7, 11) is 0. The van der Waals surface area contributed by atoms with Crippen LogP contribution in [0.4, 0.5) is 52.7 Å². The first-order valence-electron chi connectivity index (χ1n) is 12.3. The van der Waals surface area contributed by atoms with Crippen LogP contribution < -0.4 is 0 Å². The van der Waals surface area contributed by atoms with Crippen LogP contribution in [0.3, 0.4) is 0 Å². The number of nitrogens with zero attached hydrogens (tertiary/aromatic N) is 6. The monoisotopic (exact) mass is 686 g/mol. The molecule has 0 N–H and O–H groups in total. The zero-order chi connectivity index (χ0) is 36.8. The van der Waals surface area contributed by atoms with Gasteiger partial charge >= 0.3 is 0 Å². The average molecular weight is 686 g/mol. The lowest BCUT2D eigenvalue weighted by Gasteiger charge is -2.08. The Kier molecular flexibility index (Phi) is 8.99. The van der Waals surface area contributed by atoms with Gasteiger partial charge in [0.2, 0.25) is 0 Å². The normalized spacial score (nSPS) is 14.8. The lowest BCUT2D eigenvalue weighted by Crippen LogP contribution is -2.08. The van der Waals surface area contributed by atoms with E-state index in [1.54, 1.807) is 0 Å². The van der Waals surface area contributed by atoms with E-state index in [0.29, 0.717) is 0 Å². The SMILES string of the molecule is N#CC(Cc1c(F)c(F)c(C#N)c(F)c1F)=C1C(=C(/C#N)c2c(F)c(F)c(C#N)c(F)c2F)/C1=C(/C#N)c1c(F)c(F)c(C#N)c(F)c1F. The minimum atomic E-state index is -2.47. The Bertz CT molecular complexity index is 2250. The second-order valence-corrected chi connectivity index (χ2v) is 9.32. The van der Waals surface area contributed by atoms with Crippen molar-refractivity contribution in [1.82, 2.24) is 0 Å². The van der Waals surface area contributed by atoms with Crippen LogP contribution in [0.15, 0.2) is 22.3 Å². The van der Waals surface area contributed by atoms with Crippen molar-refractivity contribution in [1.29, 1.82) is 31.6 Å². The van der Waals surface area contributed by atoms with Gasteiger partial charge in [0.05, 0.1) is 28.3 Å². The lowest BCUT2D eigenvalue weighted by molar-refractivity contribution is 0.438. The van der Waals surface area contributed by atoms with Crippen LogP contribution in [-0.4, -0.2) is 0 Å². The van der Waals surface area contributed by atoms with Gasteiger partial charge in [0, 0.05) is 34.3 Å². The van der Waals surface area contributed by atoms with Gasteiger partial charge in [-0.2, -0.15) is 31.6 Å². The topological polar surface area (TPSA) is 143 Å². The maximum absolute atomic E-state index is 15.0. The van der Waals surface area contributed by atoms with E-state index in [4.69, 9.17) is 15.8 Å². The first-order valence-corrected chi connectivity index (χ1v) is 12.3. The molecule has 0 heterocycles. The molecule has 0 aliphatic heterocycles. The molecular formula is C31H2F12N6. The molecular weight excluding hydrogens is 684 g/mol. The van der Waals surface area contributed by atoms with Crippen LogP contribution >= 0.6 is 0 Å². The standard InChI is InChI=1S/C31H2F12N6/c32-20-9(21(33)23(35)12(5-47)22(20)34)1-8(2-44)15-16(10(3-45)18-28(40)24(36)13(6-48)25(37)29(18)41)17(15)11(4-46)19-30(42)26(38)14(7-49)27(39)31(19)43/h1H2/b15-8?,16-10-,17-11+. The van der Waals surface area contributed by atoms with E-state index in [2.05, 4.69) is 0 Å². The molecule has 0 atom stereocenters. The second kappa shape index (κ2) is 12.6. The summed E-state index contributed by atoms with van der Waals surface area (Å²) in [5.74, 6) is -28.6. The largest absolute Gasteiger partial charge is 0.203 e. The molecule has 18 heteroatoms. The highest BCUT2D eigenvalue weighted by Crippen LogP contribution is 2.56. The molecule has 49 heavy (non-hydrogen) atoms. The molecule has 0 radical (unpaired) electrons. The zero-order valence-electron chi connectivity index (χ0n) is 22.9. The lowest BCUT2D eigenvalue weighted by atomic mass is 9.99. The minimum absolute atomic E-state index is 0.792. The van der Waals surface area contributed by atoms with Crippen molar-refractivity contribution >= 4 is 11.1 Å². The molecule has 3 aromatic rings. The number of benzene rings is 3. The van der Waals surface area contributed by atoms with E-state index in [1.165, 1.54) is 6.07 Å². The minimum Gasteiger partial charge on any atom is -0.203 e. The Morgan fingerprint density at radius 3 is 0.898 bits per heavy atom. The summed E-state index contributed by atoms with van der Waals surface area (Å²) in [5.41, 5.74) is -19.3. The summed E-state index contributed by atoms with van der Waals surface area (Å²) in [4.78, 5) is 0. The van der Waals surface area contributed by atoms with Gasteiger partial charge in [0.15, 0.2) is 69.8 Å². The maximum atomic E-state index is 15.0. The average Bonchev–Trinajstić information content (AvgIpc) is 3.80. The van der Waals surface area contributed by atoms with Gasteiger partial charge in [-0.1, -0.05) is 0 Å². The van der Waals surface area contributed by atoms with Crippen molar-refractivity contribution in [3.63, 3.8) is 0 Å². The van der Waals surface area contributed by atoms with Crippen LogP contribution in [0.25, 0.3) is 11.1 Å². The third kappa shape index (κ3) is 5.06. The molecule has 3 aromatic carbocycles. The molecule has 0 bridgehead atoms. The van der Waals surface area contributed by atoms with E-state index in [-0.39, 0.29) is 0 Å². The molecule has 0 unspecified atom stereocenters. The van der Waals surface area contributed by atoms with E-state index >= 15 is 17.6 Å². The first-order chi connectivity index (χ1) is 23.1. The van der Waals surface area contributed by atoms with Gasteiger partial charge < -0.3 is 0 Å². The van der Waals surface area contributed by atoms with Crippen LogP contribution in [0.2, 0.25) is 0 Å². The number of hydrogen-bond donors (Lipinski definition) is 0. The van der Waals surface area contributed by atoms with Crippen molar-refractivity contribution in [3.05, 3.63) is 125 Å². The number of nitriles is 6. The van der Waals surface area contributed by atoms with Gasteiger partial charge in [0.1, 0.15) is 47.0 Å². The van der Waals surface area contributed by atoms with Crippen molar-refractivity contribution in [2.75, 3.05) is 0 Å². The predicted octanol–water partition coefficient (Wildman–Crippen LogP) is 7.30. The molecule has 0 saturated heterocycles. The Morgan fingerprint density at radius 1 is 0.367 bits per heavy atom. The van der Waals surface area contributed by atoms with E-state index in [0.717, 1.165) is 30.3 Å². The summed E-state index contributed by atoms with van der Waals surface area (Å²) in [6, 6.07) is 5.65. The van der Waals surface area contributed by atoms with Crippen LogP contribution in [0.5, 0.6) is 0 Å². The molecule has 0 spiro atoms. The van der Waals surface area contributed by atoms with Crippen molar-refractivity contribution < 1.29 is 52.7 Å². The Labute approximate surface area is 264 Å². The highest BCUT2D eigenvalue weighted by Gasteiger charge is 2.45. The number of halogens is 12. The van der Waals surface area contributed by atoms with Crippen LogP contribution in [-0.2, 0) is 6.42 Å². The molecule has 1 aliphatic carbocycles. The van der Waals surface area contributed by atoms with Gasteiger partial charge in [-0.15, -0.1) is 0 Å². The molecule has 1 aliphatic rings. The van der Waals surface area contributed by atoms with Crippen LogP contribution in [0.1, 0.15) is 33.4 Å². The molecule has 0 amide bonds. The van der Waals surface area contributed by atoms with Crippen molar-refractivity contribution in [3.8, 4) is 36.4 Å². The molecule has 1 saturated carbocycles. The summed E-state index contributed by atoms with van der Waals surface area (Å²) in [6.07, 6.45) is -1.64. The third-order valence-corrected chi connectivity index (χ3v) is 6.92. The quantitative estimate of drug-likeness (QED) is 0.160. The number of allylic oxidation sites excluding steroid dienone is 6. The van der Waals surface area contributed by atoms with Gasteiger partial charge in [-0.25, -0.2) is 52.7 Å². The van der Waals surface area contributed by atoms with E-state index in [1.807, 2.05) is 0 Å². The predicted molar refractivity (Wildman–Crippen MR) is 134 cm³/mol. The molecule has 0 aromatic heterocycles. The zero-order valence-corrected chi connectivity index (χ0v) is 22.9. The number of rotatable bonds is 4. The maximum Gasteiger partial charge on any atom is 0.180 e. The van der Waals surface area contributed by atoms with E-state index < -0.39 is 143 Å². The summed E-state index contributed by atoms with van der Waals surface area (Å²) >= 11 is 0. The first kappa shape index (κ1) is 34.8. The fraction of sp³-hybridized carbons (Fsp3) is 0.0323. The fourth-order valence-corrected chi connectivity index (χ4v) is 4.65. The molecule has 4 rings (SSSR count). The van der Waals surface area contributed by atoms with Crippen LogP contribution in [0, 0.1) is 138 Å². The Hall–Kier alpha value is -7.02. The van der Waals surface area contributed by atoms with E-state index in [9.17, 15) is 50.9 Å². The molecule has 240 valence electrons. The Morgan fingerprint density at radius 2 is 0.653 bits per heavy atom. The molecule has 6 nitrogen and oxygen atoms in total. The molecule has 1 fully saturated rings. The highest BCUT2D eigenvalue weighted by atomic mass is 19.2. The fourth-order valence-electron chi connectivity index (χ4n) is 4.65. The van der Waals surface area contributed by atoms with Gasteiger partial charge in [0.25, 0.3) is 0 Å². The van der Waals surface area contributed by atoms with Gasteiger partial charge in [-0.05, 0) is 0 Å². The highest BCUT2D eigenvalue weighted by molar-refractivity contribution is 6.07. The third-order valence-electron chi connectivity index (χ3n) is 6.92. The second-order valence-electron chi connectivity index (χ2n) is 9.32. The smallest absolute Gasteiger partial charge is 0.180 e. The summed E-state index contributed by atoms with van der Waals surface area (Å²) in [5, 5.41) is 56.0. The van der Waals surface area contributed by atoms with Crippen molar-refractivity contribution in [2.45, 2.75) is 6.42 Å².